The normalized spacial score (nSPS) is 16.5. The maximum atomic E-state index is 4.63. The fourth-order valence-corrected chi connectivity index (χ4v) is 3.06. The van der Waals surface area contributed by atoms with E-state index in [9.17, 15) is 0 Å². The fourth-order valence-electron chi connectivity index (χ4n) is 3.06. The van der Waals surface area contributed by atoms with Crippen molar-refractivity contribution in [1.82, 2.24) is 19.9 Å². The predicted octanol–water partition coefficient (Wildman–Crippen LogP) is 2.59. The molecule has 0 atom stereocenters. The highest BCUT2D eigenvalue weighted by molar-refractivity contribution is 5.33. The second kappa shape index (κ2) is 7.04. The van der Waals surface area contributed by atoms with E-state index < -0.39 is 0 Å². The second-order valence-electron chi connectivity index (χ2n) is 6.41. The van der Waals surface area contributed by atoms with E-state index in [1.54, 1.807) is 0 Å². The molecule has 5 nitrogen and oxygen atoms in total. The minimum absolute atomic E-state index is 0.519. The number of piperidine rings is 1. The summed E-state index contributed by atoms with van der Waals surface area (Å²) in [6.45, 7) is 7.34. The summed E-state index contributed by atoms with van der Waals surface area (Å²) in [4.78, 5) is 18.0. The molecule has 0 N–H and O–H groups in total. The van der Waals surface area contributed by atoms with Crippen LogP contribution in [-0.4, -0.2) is 46.0 Å². The average Bonchev–Trinajstić information content (AvgIpc) is 2.58. The zero-order chi connectivity index (χ0) is 16.2. The van der Waals surface area contributed by atoms with Crippen molar-refractivity contribution in [2.45, 2.75) is 39.3 Å². The first-order valence-electron chi connectivity index (χ1n) is 8.28. The van der Waals surface area contributed by atoms with E-state index in [0.29, 0.717) is 6.04 Å². The smallest absolute Gasteiger partial charge is 0.225 e. The first kappa shape index (κ1) is 15.9. The summed E-state index contributed by atoms with van der Waals surface area (Å²) in [5, 5.41) is 0. The van der Waals surface area contributed by atoms with Crippen molar-refractivity contribution in [3.63, 3.8) is 0 Å². The number of likely N-dealkylation sites (tertiary alicyclic amines) is 1. The number of nitrogens with zero attached hydrogens (tertiary/aromatic N) is 5. The number of anilines is 1. The van der Waals surface area contributed by atoms with Gasteiger partial charge in [0.25, 0.3) is 0 Å². The number of hydrogen-bond acceptors (Lipinski definition) is 5. The lowest BCUT2D eigenvalue weighted by Crippen LogP contribution is -2.43. The monoisotopic (exact) mass is 311 g/mol. The SMILES string of the molecule is Cc1cnc(N(C)C2CCN(Cc3ccncc3)CC2)nc1C. The average molecular weight is 311 g/mol. The summed E-state index contributed by atoms with van der Waals surface area (Å²) in [7, 11) is 2.12. The molecule has 0 bridgehead atoms. The maximum Gasteiger partial charge on any atom is 0.225 e. The summed E-state index contributed by atoms with van der Waals surface area (Å²) in [5.74, 6) is 0.848. The molecule has 3 heterocycles. The molecule has 5 heteroatoms. The Bertz CT molecular complexity index is 635. The van der Waals surface area contributed by atoms with Gasteiger partial charge >= 0.3 is 0 Å². The van der Waals surface area contributed by atoms with Crippen molar-refractivity contribution in [1.29, 1.82) is 0 Å². The third-order valence-electron chi connectivity index (χ3n) is 4.79. The van der Waals surface area contributed by atoms with E-state index in [1.807, 2.05) is 25.5 Å². The molecule has 0 aromatic carbocycles. The zero-order valence-electron chi connectivity index (χ0n) is 14.2. The molecule has 122 valence electrons. The van der Waals surface area contributed by atoms with Crippen LogP contribution in [-0.2, 0) is 6.54 Å². The summed E-state index contributed by atoms with van der Waals surface area (Å²) in [6, 6.07) is 4.72. The van der Waals surface area contributed by atoms with Gasteiger partial charge in [0.15, 0.2) is 0 Å². The minimum Gasteiger partial charge on any atom is -0.341 e. The molecule has 1 saturated heterocycles. The van der Waals surface area contributed by atoms with Crippen LogP contribution in [0, 0.1) is 13.8 Å². The van der Waals surface area contributed by atoms with Gasteiger partial charge in [-0.15, -0.1) is 0 Å². The molecule has 2 aromatic rings. The van der Waals surface area contributed by atoms with E-state index in [2.05, 4.69) is 50.9 Å². The summed E-state index contributed by atoms with van der Waals surface area (Å²) in [6.07, 6.45) is 7.96. The molecular weight excluding hydrogens is 286 g/mol. The summed E-state index contributed by atoms with van der Waals surface area (Å²) >= 11 is 0. The lowest BCUT2D eigenvalue weighted by atomic mass is 10.0. The first-order valence-corrected chi connectivity index (χ1v) is 8.28. The van der Waals surface area contributed by atoms with Gasteiger partial charge in [0.1, 0.15) is 0 Å². The molecule has 0 saturated carbocycles. The molecule has 0 amide bonds. The van der Waals surface area contributed by atoms with Gasteiger partial charge < -0.3 is 4.90 Å². The van der Waals surface area contributed by atoms with Crippen molar-refractivity contribution < 1.29 is 0 Å². The Hall–Kier alpha value is -2.01. The third-order valence-corrected chi connectivity index (χ3v) is 4.79. The van der Waals surface area contributed by atoms with E-state index in [-0.39, 0.29) is 0 Å². The molecule has 0 radical (unpaired) electrons. The minimum atomic E-state index is 0.519. The van der Waals surface area contributed by atoms with Crippen LogP contribution in [0.3, 0.4) is 0 Å². The van der Waals surface area contributed by atoms with Crippen molar-refractivity contribution in [2.24, 2.45) is 0 Å². The number of rotatable bonds is 4. The molecule has 1 fully saturated rings. The standard InChI is InChI=1S/C18H25N5/c1-14-12-20-18(21-15(14)2)22(3)17-6-10-23(11-7-17)13-16-4-8-19-9-5-16/h4-5,8-9,12,17H,6-7,10-11,13H2,1-3H3. The van der Waals surface area contributed by atoms with Crippen molar-refractivity contribution in [3.8, 4) is 0 Å². The highest BCUT2D eigenvalue weighted by Gasteiger charge is 2.24. The first-order chi connectivity index (χ1) is 11.1. The van der Waals surface area contributed by atoms with Crippen molar-refractivity contribution in [2.75, 3.05) is 25.0 Å². The third kappa shape index (κ3) is 3.85. The largest absolute Gasteiger partial charge is 0.341 e. The molecule has 23 heavy (non-hydrogen) atoms. The van der Waals surface area contributed by atoms with Gasteiger partial charge in [0, 0.05) is 57.0 Å². The van der Waals surface area contributed by atoms with Gasteiger partial charge in [0.05, 0.1) is 0 Å². The van der Waals surface area contributed by atoms with Crippen LogP contribution in [0.5, 0.6) is 0 Å². The lowest BCUT2D eigenvalue weighted by Gasteiger charge is -2.36. The van der Waals surface area contributed by atoms with E-state index >= 15 is 0 Å². The van der Waals surface area contributed by atoms with Crippen LogP contribution >= 0.6 is 0 Å². The van der Waals surface area contributed by atoms with Gasteiger partial charge in [-0.25, -0.2) is 9.97 Å². The molecule has 2 aromatic heterocycles. The van der Waals surface area contributed by atoms with Crippen LogP contribution in [0.4, 0.5) is 5.95 Å². The summed E-state index contributed by atoms with van der Waals surface area (Å²) < 4.78 is 0. The van der Waals surface area contributed by atoms with Crippen LogP contribution in [0.25, 0.3) is 0 Å². The topological polar surface area (TPSA) is 45.2 Å². The Morgan fingerprint density at radius 2 is 1.87 bits per heavy atom. The van der Waals surface area contributed by atoms with Crippen LogP contribution in [0.1, 0.15) is 29.7 Å². The van der Waals surface area contributed by atoms with Gasteiger partial charge in [-0.1, -0.05) is 0 Å². The maximum absolute atomic E-state index is 4.63. The number of aromatic nitrogens is 3. The Kier molecular flexibility index (Phi) is 4.86. The van der Waals surface area contributed by atoms with Gasteiger partial charge in [0.2, 0.25) is 5.95 Å². The Balaban J connectivity index is 1.56. The Labute approximate surface area is 138 Å². The van der Waals surface area contributed by atoms with Gasteiger partial charge in [-0.05, 0) is 49.9 Å². The van der Waals surface area contributed by atoms with E-state index in [4.69, 9.17) is 0 Å². The van der Waals surface area contributed by atoms with Gasteiger partial charge in [-0.2, -0.15) is 0 Å². The number of aryl methyl sites for hydroxylation is 2. The lowest BCUT2D eigenvalue weighted by molar-refractivity contribution is 0.203. The van der Waals surface area contributed by atoms with Crippen LogP contribution < -0.4 is 4.90 Å². The molecule has 1 aliphatic heterocycles. The van der Waals surface area contributed by atoms with Gasteiger partial charge in [-0.3, -0.25) is 9.88 Å². The molecule has 1 aliphatic rings. The fraction of sp³-hybridized carbons (Fsp3) is 0.500. The Morgan fingerprint density at radius 3 is 2.52 bits per heavy atom. The number of pyridine rings is 1. The number of hydrogen-bond donors (Lipinski definition) is 0. The van der Waals surface area contributed by atoms with Crippen molar-refractivity contribution >= 4 is 5.95 Å². The van der Waals surface area contributed by atoms with E-state index in [1.165, 1.54) is 5.56 Å². The Morgan fingerprint density at radius 1 is 1.17 bits per heavy atom. The van der Waals surface area contributed by atoms with Crippen LogP contribution in [0.15, 0.2) is 30.7 Å². The second-order valence-corrected chi connectivity index (χ2v) is 6.41. The highest BCUT2D eigenvalue weighted by Crippen LogP contribution is 2.21. The molecule has 0 unspecified atom stereocenters. The molecule has 3 rings (SSSR count). The van der Waals surface area contributed by atoms with E-state index in [0.717, 1.165) is 49.7 Å². The quantitative estimate of drug-likeness (QED) is 0.868. The molecule has 0 aliphatic carbocycles. The highest BCUT2D eigenvalue weighted by atomic mass is 15.3. The predicted molar refractivity (Wildman–Crippen MR) is 92.4 cm³/mol. The van der Waals surface area contributed by atoms with Crippen LogP contribution in [0.2, 0.25) is 0 Å². The zero-order valence-corrected chi connectivity index (χ0v) is 14.2. The van der Waals surface area contributed by atoms with Crippen molar-refractivity contribution in [3.05, 3.63) is 47.5 Å². The molecular formula is C18H25N5. The molecule has 0 spiro atoms. The summed E-state index contributed by atoms with van der Waals surface area (Å²) in [5.41, 5.74) is 3.55.